The zero-order valence-electron chi connectivity index (χ0n) is 10.2. The first kappa shape index (κ1) is 14.0. The highest BCUT2D eigenvalue weighted by molar-refractivity contribution is 6.34. The molecule has 1 unspecified atom stereocenters. The van der Waals surface area contributed by atoms with E-state index in [0.717, 1.165) is 5.56 Å². The summed E-state index contributed by atoms with van der Waals surface area (Å²) in [6.45, 7) is 4.22. The van der Waals surface area contributed by atoms with Crippen LogP contribution >= 0.6 is 11.6 Å². The predicted octanol–water partition coefficient (Wildman–Crippen LogP) is 2.54. The van der Waals surface area contributed by atoms with Gasteiger partial charge in [-0.3, -0.25) is 4.79 Å². The van der Waals surface area contributed by atoms with Crippen molar-refractivity contribution in [1.29, 1.82) is 0 Å². The number of hydrogen-bond donors (Lipinski definition) is 2. The highest BCUT2D eigenvalue weighted by Gasteiger charge is 2.11. The number of carbonyl (C=O) groups is 1. The molecular formula is C13H18ClNO2. The van der Waals surface area contributed by atoms with Crippen LogP contribution in [0.15, 0.2) is 18.2 Å². The van der Waals surface area contributed by atoms with Gasteiger partial charge in [-0.15, -0.1) is 0 Å². The van der Waals surface area contributed by atoms with Gasteiger partial charge in [-0.25, -0.2) is 0 Å². The van der Waals surface area contributed by atoms with Crippen molar-refractivity contribution < 1.29 is 9.90 Å². The fourth-order valence-corrected chi connectivity index (χ4v) is 1.69. The molecule has 0 aromatic heterocycles. The molecule has 1 atom stereocenters. The lowest BCUT2D eigenvalue weighted by Gasteiger charge is -2.10. The van der Waals surface area contributed by atoms with Gasteiger partial charge in [0.05, 0.1) is 16.7 Å². The number of hydrogen-bond acceptors (Lipinski definition) is 2. The average molecular weight is 256 g/mol. The van der Waals surface area contributed by atoms with Gasteiger partial charge in [-0.1, -0.05) is 30.7 Å². The summed E-state index contributed by atoms with van der Waals surface area (Å²) in [6, 6.07) is 5.36. The third-order valence-electron chi connectivity index (χ3n) is 2.67. The van der Waals surface area contributed by atoms with Crippen LogP contribution in [0, 0.1) is 6.92 Å². The molecule has 2 N–H and O–H groups in total. The Bertz CT molecular complexity index is 393. The Morgan fingerprint density at radius 3 is 2.88 bits per heavy atom. The fourth-order valence-electron chi connectivity index (χ4n) is 1.47. The molecule has 0 radical (unpaired) electrons. The Hall–Kier alpha value is -1.06. The van der Waals surface area contributed by atoms with Crippen molar-refractivity contribution in [3.05, 3.63) is 34.3 Å². The lowest BCUT2D eigenvalue weighted by Crippen LogP contribution is -2.27. The van der Waals surface area contributed by atoms with Crippen molar-refractivity contribution in [2.24, 2.45) is 0 Å². The number of benzene rings is 1. The number of halogens is 1. The van der Waals surface area contributed by atoms with Crippen LogP contribution in [0.25, 0.3) is 0 Å². The third-order valence-corrected chi connectivity index (χ3v) is 3.17. The van der Waals surface area contributed by atoms with E-state index in [4.69, 9.17) is 11.6 Å². The lowest BCUT2D eigenvalue weighted by molar-refractivity contribution is 0.0942. The molecule has 17 heavy (non-hydrogen) atoms. The first-order valence-electron chi connectivity index (χ1n) is 5.77. The Kier molecular flexibility index (Phi) is 5.45. The summed E-state index contributed by atoms with van der Waals surface area (Å²) in [5.41, 5.74) is 1.37. The van der Waals surface area contributed by atoms with Gasteiger partial charge < -0.3 is 10.4 Å². The van der Waals surface area contributed by atoms with Crippen molar-refractivity contribution in [3.63, 3.8) is 0 Å². The number of amides is 1. The van der Waals surface area contributed by atoms with Crippen molar-refractivity contribution in [1.82, 2.24) is 5.32 Å². The summed E-state index contributed by atoms with van der Waals surface area (Å²) >= 11 is 6.05. The number of carbonyl (C=O) groups excluding carboxylic acids is 1. The zero-order valence-corrected chi connectivity index (χ0v) is 10.9. The molecule has 0 aliphatic rings. The molecule has 0 saturated carbocycles. The molecule has 0 bridgehead atoms. The zero-order chi connectivity index (χ0) is 12.8. The molecule has 1 amide bonds. The molecule has 1 aromatic rings. The number of aliphatic hydroxyl groups excluding tert-OH is 1. The molecule has 3 nitrogen and oxygen atoms in total. The van der Waals surface area contributed by atoms with E-state index < -0.39 is 0 Å². The van der Waals surface area contributed by atoms with E-state index in [1.165, 1.54) is 0 Å². The molecule has 0 spiro atoms. The van der Waals surface area contributed by atoms with Crippen molar-refractivity contribution in [2.75, 3.05) is 6.54 Å². The number of aliphatic hydroxyl groups is 1. The minimum Gasteiger partial charge on any atom is -0.393 e. The van der Waals surface area contributed by atoms with Crippen molar-refractivity contribution in [3.8, 4) is 0 Å². The van der Waals surface area contributed by atoms with Crippen LogP contribution in [0.4, 0.5) is 0 Å². The third kappa shape index (κ3) is 4.02. The first-order chi connectivity index (χ1) is 8.06. The van der Waals surface area contributed by atoms with Gasteiger partial charge in [0.1, 0.15) is 0 Å². The molecule has 0 aliphatic carbocycles. The van der Waals surface area contributed by atoms with Gasteiger partial charge in [-0.2, -0.15) is 0 Å². The van der Waals surface area contributed by atoms with Crippen LogP contribution in [0.2, 0.25) is 5.02 Å². The minimum absolute atomic E-state index is 0.193. The fraction of sp³-hybridized carbons (Fsp3) is 0.462. The van der Waals surface area contributed by atoms with E-state index in [1.54, 1.807) is 12.1 Å². The summed E-state index contributed by atoms with van der Waals surface area (Å²) in [4.78, 5) is 11.8. The maximum atomic E-state index is 11.8. The van der Waals surface area contributed by atoms with Gasteiger partial charge in [0.2, 0.25) is 0 Å². The highest BCUT2D eigenvalue weighted by atomic mass is 35.5. The maximum Gasteiger partial charge on any atom is 0.252 e. The second-order valence-corrected chi connectivity index (χ2v) is 4.42. The molecule has 1 aromatic carbocycles. The van der Waals surface area contributed by atoms with E-state index >= 15 is 0 Å². The van der Waals surface area contributed by atoms with Gasteiger partial charge >= 0.3 is 0 Å². The molecular weight excluding hydrogens is 238 g/mol. The van der Waals surface area contributed by atoms with Gasteiger partial charge in [-0.05, 0) is 31.4 Å². The van der Waals surface area contributed by atoms with Gasteiger partial charge in [0.25, 0.3) is 5.91 Å². The second kappa shape index (κ2) is 6.62. The molecule has 1 rings (SSSR count). The van der Waals surface area contributed by atoms with E-state index in [0.29, 0.717) is 30.0 Å². The van der Waals surface area contributed by atoms with Crippen LogP contribution in [0.5, 0.6) is 0 Å². The van der Waals surface area contributed by atoms with Crippen molar-refractivity contribution >= 4 is 17.5 Å². The van der Waals surface area contributed by atoms with Gasteiger partial charge in [0.15, 0.2) is 0 Å². The minimum atomic E-state index is -0.358. The normalized spacial score (nSPS) is 12.2. The van der Waals surface area contributed by atoms with E-state index in [9.17, 15) is 9.90 Å². The summed E-state index contributed by atoms with van der Waals surface area (Å²) in [7, 11) is 0. The van der Waals surface area contributed by atoms with Gasteiger partial charge in [0, 0.05) is 6.54 Å². The molecule has 0 fully saturated rings. The summed E-state index contributed by atoms with van der Waals surface area (Å²) in [5.74, 6) is -0.193. The van der Waals surface area contributed by atoms with E-state index in [2.05, 4.69) is 5.32 Å². The summed E-state index contributed by atoms with van der Waals surface area (Å²) < 4.78 is 0. The van der Waals surface area contributed by atoms with Crippen molar-refractivity contribution in [2.45, 2.75) is 32.8 Å². The Balaban J connectivity index is 2.56. The standard InChI is InChI=1S/C13H18ClNO2/c1-3-10(16)7-8-15-13(17)11-6-4-5-9(2)12(11)14/h4-6,10,16H,3,7-8H2,1-2H3,(H,15,17). The number of nitrogens with one attached hydrogen (secondary N) is 1. The van der Waals surface area contributed by atoms with Crippen LogP contribution in [0.1, 0.15) is 35.7 Å². The number of rotatable bonds is 5. The highest BCUT2D eigenvalue weighted by Crippen LogP contribution is 2.19. The molecule has 4 heteroatoms. The summed E-state index contributed by atoms with van der Waals surface area (Å²) in [5, 5.41) is 12.6. The quantitative estimate of drug-likeness (QED) is 0.850. The molecule has 0 aliphatic heterocycles. The van der Waals surface area contributed by atoms with Crippen LogP contribution in [-0.4, -0.2) is 23.7 Å². The van der Waals surface area contributed by atoms with Crippen LogP contribution in [0.3, 0.4) is 0 Å². The molecule has 0 saturated heterocycles. The smallest absolute Gasteiger partial charge is 0.252 e. The monoisotopic (exact) mass is 255 g/mol. The largest absolute Gasteiger partial charge is 0.393 e. The molecule has 0 heterocycles. The maximum absolute atomic E-state index is 11.8. The Morgan fingerprint density at radius 2 is 2.24 bits per heavy atom. The first-order valence-corrected chi connectivity index (χ1v) is 6.15. The predicted molar refractivity (Wildman–Crippen MR) is 69.4 cm³/mol. The molecule has 94 valence electrons. The average Bonchev–Trinajstić information content (AvgIpc) is 2.32. The Labute approximate surface area is 107 Å². The van der Waals surface area contributed by atoms with E-state index in [-0.39, 0.29) is 12.0 Å². The SMILES string of the molecule is CCC(O)CCNC(=O)c1cccc(C)c1Cl. The number of aryl methyl sites for hydroxylation is 1. The van der Waals surface area contributed by atoms with Crippen LogP contribution < -0.4 is 5.32 Å². The lowest BCUT2D eigenvalue weighted by atomic mass is 10.1. The Morgan fingerprint density at radius 1 is 1.53 bits per heavy atom. The van der Waals surface area contributed by atoms with E-state index in [1.807, 2.05) is 19.9 Å². The summed E-state index contributed by atoms with van der Waals surface area (Å²) in [6.07, 6.45) is 0.899. The second-order valence-electron chi connectivity index (χ2n) is 4.04. The topological polar surface area (TPSA) is 49.3 Å². The van der Waals surface area contributed by atoms with Crippen LogP contribution in [-0.2, 0) is 0 Å².